The second kappa shape index (κ2) is 19.3. The molecule has 0 aromatic rings. The molecule has 0 saturated heterocycles. The van der Waals surface area contributed by atoms with Gasteiger partial charge >= 0.3 is 0 Å². The van der Waals surface area contributed by atoms with Crippen LogP contribution in [0.3, 0.4) is 0 Å². The van der Waals surface area contributed by atoms with Gasteiger partial charge in [0.05, 0.1) is 62.0 Å². The molecule has 0 aliphatic rings. The molecule has 0 unspecified atom stereocenters. The van der Waals surface area contributed by atoms with E-state index in [0.29, 0.717) is 19.8 Å². The first-order valence-corrected chi connectivity index (χ1v) is 10.9. The van der Waals surface area contributed by atoms with Crippen molar-refractivity contribution in [3.05, 3.63) is 61.7 Å². The Labute approximate surface area is 194 Å². The minimum Gasteiger partial charge on any atom is -0.501 e. The number of rotatable bonds is 20. The maximum absolute atomic E-state index is 10.1. The Morgan fingerprint density at radius 1 is 0.469 bits per heavy atom. The van der Waals surface area contributed by atoms with E-state index in [9.17, 15) is 5.11 Å². The number of hydrogen-bond donors (Lipinski definition) is 1. The summed E-state index contributed by atoms with van der Waals surface area (Å²) in [5.41, 5.74) is -1.31. The van der Waals surface area contributed by atoms with Gasteiger partial charge in [-0.1, -0.05) is 30.4 Å². The normalized spacial score (nSPS) is 16.2. The van der Waals surface area contributed by atoms with Crippen molar-refractivity contribution in [2.24, 2.45) is 10.8 Å². The monoisotopic (exact) mass is 454 g/mol. The Kier molecular flexibility index (Phi) is 17.9. The smallest absolute Gasteiger partial charge is 0.102 e. The van der Waals surface area contributed by atoms with Gasteiger partial charge in [-0.25, -0.2) is 0 Å². The average Bonchev–Trinajstić information content (AvgIpc) is 2.79. The van der Waals surface area contributed by atoms with E-state index in [2.05, 4.69) is 0 Å². The topological polar surface area (TPSA) is 75.6 Å². The summed E-state index contributed by atoms with van der Waals surface area (Å²) in [6, 6.07) is 0. The van der Waals surface area contributed by atoms with Gasteiger partial charge in [-0.05, 0) is 34.6 Å². The van der Waals surface area contributed by atoms with Gasteiger partial charge in [0.25, 0.3) is 0 Å². The van der Waals surface area contributed by atoms with Crippen molar-refractivity contribution in [2.75, 3.05) is 52.9 Å². The van der Waals surface area contributed by atoms with Gasteiger partial charge in [0, 0.05) is 0 Å². The molecule has 0 spiro atoms. The largest absolute Gasteiger partial charge is 0.501 e. The summed E-state index contributed by atoms with van der Waals surface area (Å²) < 4.78 is 34.3. The van der Waals surface area contributed by atoms with Crippen LogP contribution in [0.15, 0.2) is 61.7 Å². The molecule has 32 heavy (non-hydrogen) atoms. The van der Waals surface area contributed by atoms with Gasteiger partial charge in [0.1, 0.15) is 33.0 Å². The molecule has 0 fully saturated rings. The van der Waals surface area contributed by atoms with Crippen LogP contribution < -0.4 is 0 Å². The number of hydrogen-bond acceptors (Lipinski definition) is 7. The summed E-state index contributed by atoms with van der Waals surface area (Å²) in [5, 5.41) is 10.1. The van der Waals surface area contributed by atoms with E-state index >= 15 is 0 Å². The number of allylic oxidation sites excluding steroid dienone is 5. The molecule has 0 atom stereocenters. The Hall–Kier alpha value is -2.38. The Balaban J connectivity index is 5.44. The third kappa shape index (κ3) is 13.1. The third-order valence-electron chi connectivity index (χ3n) is 4.26. The van der Waals surface area contributed by atoms with Crippen LogP contribution in [0, 0.1) is 10.8 Å². The Morgan fingerprint density at radius 2 is 0.750 bits per heavy atom. The lowest BCUT2D eigenvalue weighted by Crippen LogP contribution is -2.44. The first kappa shape index (κ1) is 29.6. The summed E-state index contributed by atoms with van der Waals surface area (Å²) in [4.78, 5) is 0. The lowest BCUT2D eigenvalue weighted by atomic mass is 9.90. The quantitative estimate of drug-likeness (QED) is 0.267. The van der Waals surface area contributed by atoms with Crippen molar-refractivity contribution in [3.8, 4) is 0 Å². The predicted octanol–water partition coefficient (Wildman–Crippen LogP) is 4.72. The molecule has 0 aromatic carbocycles. The van der Waals surface area contributed by atoms with Crippen LogP contribution in [0.25, 0.3) is 0 Å². The van der Waals surface area contributed by atoms with Crippen molar-refractivity contribution in [2.45, 2.75) is 34.6 Å². The lowest BCUT2D eigenvalue weighted by molar-refractivity contribution is -0.108. The molecule has 0 amide bonds. The molecule has 0 radical (unpaired) electrons. The van der Waals surface area contributed by atoms with Crippen molar-refractivity contribution in [1.82, 2.24) is 0 Å². The first-order chi connectivity index (χ1) is 15.6. The van der Waals surface area contributed by atoms with Gasteiger partial charge in [-0.3, -0.25) is 0 Å². The van der Waals surface area contributed by atoms with Gasteiger partial charge < -0.3 is 33.5 Å². The fourth-order valence-corrected chi connectivity index (χ4v) is 2.60. The second-order valence-corrected chi connectivity index (χ2v) is 7.55. The van der Waals surface area contributed by atoms with Crippen LogP contribution in [0.1, 0.15) is 34.6 Å². The van der Waals surface area contributed by atoms with Crippen molar-refractivity contribution >= 4 is 0 Å². The number of aliphatic hydroxyl groups is 1. The molecular formula is C25H42O7. The van der Waals surface area contributed by atoms with E-state index in [0.717, 1.165) is 0 Å². The highest BCUT2D eigenvalue weighted by molar-refractivity contribution is 4.86. The van der Waals surface area contributed by atoms with E-state index in [4.69, 9.17) is 28.4 Å². The van der Waals surface area contributed by atoms with Crippen molar-refractivity contribution < 1.29 is 33.5 Å². The van der Waals surface area contributed by atoms with Crippen molar-refractivity contribution in [3.63, 3.8) is 0 Å². The zero-order chi connectivity index (χ0) is 24.0. The fourth-order valence-electron chi connectivity index (χ4n) is 2.60. The molecule has 7 nitrogen and oxygen atoms in total. The highest BCUT2D eigenvalue weighted by Gasteiger charge is 2.37. The number of ether oxygens (including phenoxy) is 6. The zero-order valence-corrected chi connectivity index (χ0v) is 20.3. The molecule has 0 saturated carbocycles. The van der Waals surface area contributed by atoms with E-state index in [1.165, 1.54) is 0 Å². The minimum atomic E-state index is -0.733. The molecule has 0 aliphatic heterocycles. The highest BCUT2D eigenvalue weighted by Crippen LogP contribution is 2.25. The first-order valence-electron chi connectivity index (χ1n) is 10.9. The summed E-state index contributed by atoms with van der Waals surface area (Å²) in [6.07, 6.45) is 17.1. The van der Waals surface area contributed by atoms with E-state index in [1.807, 2.05) is 52.8 Å². The molecule has 1 N–H and O–H groups in total. The third-order valence-corrected chi connectivity index (χ3v) is 4.26. The van der Waals surface area contributed by atoms with E-state index in [-0.39, 0.29) is 33.0 Å². The standard InChI is InChI=1S/C25H42O7/c1-6-11-27-17-24(16-26,18-28-12-7-2)19-32-23-25(20-29-13-8-3,21-30-14-9-4)22-31-15-10-5/h6-15,26H,16-23H2,1-5H3. The maximum Gasteiger partial charge on any atom is 0.102 e. The molecule has 7 heteroatoms. The molecular weight excluding hydrogens is 412 g/mol. The minimum absolute atomic E-state index is 0.158. The average molecular weight is 455 g/mol. The van der Waals surface area contributed by atoms with Crippen molar-refractivity contribution in [1.29, 1.82) is 0 Å². The second-order valence-electron chi connectivity index (χ2n) is 7.55. The van der Waals surface area contributed by atoms with Crippen LogP contribution in [0.5, 0.6) is 0 Å². The van der Waals surface area contributed by atoms with E-state index in [1.54, 1.807) is 43.5 Å². The molecule has 184 valence electrons. The van der Waals surface area contributed by atoms with Crippen LogP contribution >= 0.6 is 0 Å². The van der Waals surface area contributed by atoms with Gasteiger partial charge in [-0.2, -0.15) is 0 Å². The highest BCUT2D eigenvalue weighted by atomic mass is 16.5. The molecule has 0 aliphatic carbocycles. The molecule has 0 rings (SSSR count). The summed E-state index contributed by atoms with van der Waals surface area (Å²) in [6.45, 7) is 11.2. The Morgan fingerprint density at radius 3 is 1.03 bits per heavy atom. The lowest BCUT2D eigenvalue weighted by Gasteiger charge is -2.34. The van der Waals surface area contributed by atoms with Crippen LogP contribution in [0.2, 0.25) is 0 Å². The number of aliphatic hydroxyl groups excluding tert-OH is 1. The summed E-state index contributed by atoms with van der Waals surface area (Å²) >= 11 is 0. The fraction of sp³-hybridized carbons (Fsp3) is 0.600. The van der Waals surface area contributed by atoms with Gasteiger partial charge in [0.2, 0.25) is 0 Å². The zero-order valence-electron chi connectivity index (χ0n) is 20.3. The molecule has 0 bridgehead atoms. The SMILES string of the molecule is CC=COCC(CO)(COC=CC)COCC(COC=CC)(COC=CC)COC=CC. The van der Waals surface area contributed by atoms with Gasteiger partial charge in [0.15, 0.2) is 0 Å². The summed E-state index contributed by atoms with van der Waals surface area (Å²) in [7, 11) is 0. The van der Waals surface area contributed by atoms with Crippen LogP contribution in [0.4, 0.5) is 0 Å². The van der Waals surface area contributed by atoms with E-state index < -0.39 is 10.8 Å². The van der Waals surface area contributed by atoms with Gasteiger partial charge in [-0.15, -0.1) is 0 Å². The molecule has 0 heterocycles. The summed E-state index contributed by atoms with van der Waals surface area (Å²) in [5.74, 6) is 0. The van der Waals surface area contributed by atoms with Crippen LogP contribution in [-0.2, 0) is 28.4 Å². The maximum atomic E-state index is 10.1. The molecule has 0 aromatic heterocycles. The Bertz CT molecular complexity index is 522. The predicted molar refractivity (Wildman–Crippen MR) is 127 cm³/mol. The van der Waals surface area contributed by atoms with Crippen LogP contribution in [-0.4, -0.2) is 58.0 Å².